The Morgan fingerprint density at radius 1 is 1.00 bits per heavy atom. The molecule has 134 valence electrons. The summed E-state index contributed by atoms with van der Waals surface area (Å²) < 4.78 is 16.0. The van der Waals surface area contributed by atoms with Crippen LogP contribution >= 0.6 is 11.6 Å². The molecule has 25 heavy (non-hydrogen) atoms. The van der Waals surface area contributed by atoms with Crippen LogP contribution in [-0.4, -0.2) is 26.7 Å². The quantitative estimate of drug-likeness (QED) is 0.793. The fraction of sp³-hybridized carbons (Fsp3) is 0.316. The van der Waals surface area contributed by atoms with Crippen molar-refractivity contribution in [1.82, 2.24) is 0 Å². The molecule has 0 fully saturated rings. The molecule has 0 saturated carbocycles. The lowest BCUT2D eigenvalue weighted by Crippen LogP contribution is -2.16. The number of nitrogens with one attached hydrogen (secondary N) is 1. The van der Waals surface area contributed by atoms with Gasteiger partial charge in [0.05, 0.1) is 38.0 Å². The fourth-order valence-corrected chi connectivity index (χ4v) is 2.69. The van der Waals surface area contributed by atoms with Gasteiger partial charge < -0.3 is 19.5 Å². The molecule has 0 aliphatic heterocycles. The SMILES string of the molecule is COc1cc(OC)c(NC(=O)CCOc2cc(C)cc(C)c2)cc1Cl. The first kappa shape index (κ1) is 18.9. The third kappa shape index (κ3) is 5.29. The number of benzene rings is 2. The summed E-state index contributed by atoms with van der Waals surface area (Å²) in [6.07, 6.45) is 0.208. The van der Waals surface area contributed by atoms with E-state index in [1.54, 1.807) is 12.1 Å². The summed E-state index contributed by atoms with van der Waals surface area (Å²) in [5.74, 6) is 1.53. The maximum absolute atomic E-state index is 12.1. The molecule has 0 saturated heterocycles. The summed E-state index contributed by atoms with van der Waals surface area (Å²) in [4.78, 5) is 12.1. The number of carbonyl (C=O) groups excluding carboxylic acids is 1. The van der Waals surface area contributed by atoms with Gasteiger partial charge in [0.15, 0.2) is 0 Å². The molecule has 0 radical (unpaired) electrons. The number of hydrogen-bond donors (Lipinski definition) is 1. The Balaban J connectivity index is 1.95. The Bertz CT molecular complexity index is 741. The van der Waals surface area contributed by atoms with Gasteiger partial charge in [-0.25, -0.2) is 0 Å². The standard InChI is InChI=1S/C19H22ClNO4/c1-12-7-13(2)9-14(8-12)25-6-5-19(22)21-16-10-15(20)17(23-3)11-18(16)24-4/h7-11H,5-6H2,1-4H3,(H,21,22). The first-order valence-electron chi connectivity index (χ1n) is 7.85. The van der Waals surface area contributed by atoms with E-state index in [1.165, 1.54) is 14.2 Å². The monoisotopic (exact) mass is 363 g/mol. The molecule has 1 amide bonds. The van der Waals surface area contributed by atoms with Gasteiger partial charge in [-0.05, 0) is 43.2 Å². The Kier molecular flexibility index (Phi) is 6.53. The van der Waals surface area contributed by atoms with E-state index in [-0.39, 0.29) is 18.9 Å². The normalized spacial score (nSPS) is 10.3. The van der Waals surface area contributed by atoms with Crippen LogP contribution in [-0.2, 0) is 4.79 Å². The number of ether oxygens (including phenoxy) is 3. The summed E-state index contributed by atoms with van der Waals surface area (Å²) in [5.41, 5.74) is 2.74. The summed E-state index contributed by atoms with van der Waals surface area (Å²) in [6.45, 7) is 4.29. The number of halogens is 1. The smallest absolute Gasteiger partial charge is 0.227 e. The number of methoxy groups -OCH3 is 2. The highest BCUT2D eigenvalue weighted by atomic mass is 35.5. The van der Waals surface area contributed by atoms with Crippen LogP contribution in [0.15, 0.2) is 30.3 Å². The van der Waals surface area contributed by atoms with Crippen LogP contribution in [0.2, 0.25) is 5.02 Å². The first-order chi connectivity index (χ1) is 11.9. The van der Waals surface area contributed by atoms with E-state index < -0.39 is 0 Å². The molecule has 0 bridgehead atoms. The predicted molar refractivity (Wildman–Crippen MR) is 99.2 cm³/mol. The van der Waals surface area contributed by atoms with Gasteiger partial charge in [-0.2, -0.15) is 0 Å². The summed E-state index contributed by atoms with van der Waals surface area (Å²) in [7, 11) is 3.03. The fourth-order valence-electron chi connectivity index (χ4n) is 2.45. The molecule has 0 spiro atoms. The van der Waals surface area contributed by atoms with Crippen LogP contribution in [0.1, 0.15) is 17.5 Å². The van der Waals surface area contributed by atoms with Gasteiger partial charge in [0.25, 0.3) is 0 Å². The minimum Gasteiger partial charge on any atom is -0.495 e. The molecule has 1 N–H and O–H groups in total. The van der Waals surface area contributed by atoms with E-state index in [4.69, 9.17) is 25.8 Å². The van der Waals surface area contributed by atoms with Crippen molar-refractivity contribution in [3.8, 4) is 17.2 Å². The number of anilines is 1. The highest BCUT2D eigenvalue weighted by Gasteiger charge is 2.12. The Hall–Kier alpha value is -2.40. The van der Waals surface area contributed by atoms with Gasteiger partial charge >= 0.3 is 0 Å². The van der Waals surface area contributed by atoms with Crippen LogP contribution in [0.4, 0.5) is 5.69 Å². The lowest BCUT2D eigenvalue weighted by Gasteiger charge is -2.13. The van der Waals surface area contributed by atoms with Crippen LogP contribution in [0.25, 0.3) is 0 Å². The number of rotatable bonds is 7. The van der Waals surface area contributed by atoms with E-state index in [0.29, 0.717) is 22.2 Å². The van der Waals surface area contributed by atoms with Crippen LogP contribution in [0.3, 0.4) is 0 Å². The van der Waals surface area contributed by atoms with Gasteiger partial charge in [-0.1, -0.05) is 17.7 Å². The number of hydrogen-bond acceptors (Lipinski definition) is 4. The van der Waals surface area contributed by atoms with Crippen molar-refractivity contribution in [3.05, 3.63) is 46.5 Å². The molecule has 2 rings (SSSR count). The largest absolute Gasteiger partial charge is 0.495 e. The predicted octanol–water partition coefficient (Wildman–Crippen LogP) is 4.38. The van der Waals surface area contributed by atoms with Crippen molar-refractivity contribution in [1.29, 1.82) is 0 Å². The molecule has 6 heteroatoms. The average Bonchev–Trinajstić information content (AvgIpc) is 2.54. The second-order valence-electron chi connectivity index (χ2n) is 5.66. The molecule has 0 aromatic heterocycles. The highest BCUT2D eigenvalue weighted by Crippen LogP contribution is 2.35. The molecular weight excluding hydrogens is 342 g/mol. The maximum atomic E-state index is 12.1. The summed E-state index contributed by atoms with van der Waals surface area (Å²) in [5, 5.41) is 3.17. The first-order valence-corrected chi connectivity index (χ1v) is 8.23. The third-order valence-electron chi connectivity index (χ3n) is 3.54. The molecule has 2 aromatic rings. The van der Waals surface area contributed by atoms with Gasteiger partial charge in [0.2, 0.25) is 5.91 Å². The Morgan fingerprint density at radius 3 is 2.24 bits per heavy atom. The third-order valence-corrected chi connectivity index (χ3v) is 3.84. The minimum absolute atomic E-state index is 0.191. The van der Waals surface area contributed by atoms with Crippen molar-refractivity contribution in [2.75, 3.05) is 26.1 Å². The number of carbonyl (C=O) groups is 1. The van der Waals surface area contributed by atoms with Crippen molar-refractivity contribution in [2.45, 2.75) is 20.3 Å². The topological polar surface area (TPSA) is 56.8 Å². The second kappa shape index (κ2) is 8.62. The maximum Gasteiger partial charge on any atom is 0.227 e. The lowest BCUT2D eigenvalue weighted by molar-refractivity contribution is -0.116. The van der Waals surface area contributed by atoms with Gasteiger partial charge in [0.1, 0.15) is 17.2 Å². The molecular formula is C19H22ClNO4. The van der Waals surface area contributed by atoms with Crippen molar-refractivity contribution in [3.63, 3.8) is 0 Å². The number of aryl methyl sites for hydroxylation is 2. The molecule has 0 unspecified atom stereocenters. The summed E-state index contributed by atoms with van der Waals surface area (Å²) >= 11 is 6.10. The van der Waals surface area contributed by atoms with E-state index >= 15 is 0 Å². The van der Waals surface area contributed by atoms with E-state index in [9.17, 15) is 4.79 Å². The minimum atomic E-state index is -0.191. The zero-order valence-corrected chi connectivity index (χ0v) is 15.6. The molecule has 0 aliphatic carbocycles. The van der Waals surface area contributed by atoms with Crippen molar-refractivity contribution in [2.24, 2.45) is 0 Å². The van der Waals surface area contributed by atoms with Crippen LogP contribution in [0.5, 0.6) is 17.2 Å². The second-order valence-corrected chi connectivity index (χ2v) is 6.06. The zero-order chi connectivity index (χ0) is 18.4. The zero-order valence-electron chi connectivity index (χ0n) is 14.8. The lowest BCUT2D eigenvalue weighted by atomic mass is 10.1. The van der Waals surface area contributed by atoms with Crippen LogP contribution < -0.4 is 19.5 Å². The van der Waals surface area contributed by atoms with E-state index in [0.717, 1.165) is 16.9 Å². The Labute approximate surface area is 152 Å². The van der Waals surface area contributed by atoms with Crippen LogP contribution in [0, 0.1) is 13.8 Å². The van der Waals surface area contributed by atoms with Gasteiger partial charge in [-0.15, -0.1) is 0 Å². The van der Waals surface area contributed by atoms with Crippen molar-refractivity contribution >= 4 is 23.2 Å². The average molecular weight is 364 g/mol. The van der Waals surface area contributed by atoms with E-state index in [1.807, 2.05) is 26.0 Å². The molecule has 0 atom stereocenters. The number of amides is 1. The molecule has 5 nitrogen and oxygen atoms in total. The molecule has 2 aromatic carbocycles. The van der Waals surface area contributed by atoms with Gasteiger partial charge in [0, 0.05) is 6.07 Å². The summed E-state index contributed by atoms with van der Waals surface area (Å²) in [6, 6.07) is 9.18. The van der Waals surface area contributed by atoms with Crippen molar-refractivity contribution < 1.29 is 19.0 Å². The van der Waals surface area contributed by atoms with Gasteiger partial charge in [-0.3, -0.25) is 4.79 Å². The molecule has 0 aliphatic rings. The Morgan fingerprint density at radius 2 is 1.64 bits per heavy atom. The van der Waals surface area contributed by atoms with E-state index in [2.05, 4.69) is 11.4 Å². The molecule has 0 heterocycles. The highest BCUT2D eigenvalue weighted by molar-refractivity contribution is 6.32.